The highest BCUT2D eigenvalue weighted by atomic mass is 32.2. The van der Waals surface area contributed by atoms with Gasteiger partial charge in [0, 0.05) is 57.4 Å². The number of carbonyl (C=O) groups excluding carboxylic acids is 1. The van der Waals surface area contributed by atoms with Gasteiger partial charge in [-0.15, -0.1) is 0 Å². The van der Waals surface area contributed by atoms with Gasteiger partial charge in [0.15, 0.2) is 9.84 Å². The third-order valence-corrected chi connectivity index (χ3v) is 6.87. The third kappa shape index (κ3) is 5.25. The number of halogens is 3. The highest BCUT2D eigenvalue weighted by molar-refractivity contribution is 7.90. The minimum atomic E-state index is -4.64. The van der Waals surface area contributed by atoms with E-state index in [0.717, 1.165) is 12.5 Å². The quantitative estimate of drug-likeness (QED) is 0.628. The number of morpholine rings is 1. The van der Waals surface area contributed by atoms with E-state index in [2.05, 4.69) is 9.97 Å². The fraction of sp³-hybridized carbons (Fsp3) is 0.476. The molecule has 4 rings (SSSR count). The molecule has 0 aliphatic carbocycles. The highest BCUT2D eigenvalue weighted by Crippen LogP contribution is 2.29. The summed E-state index contributed by atoms with van der Waals surface area (Å²) in [5.74, 6) is -1.40. The van der Waals surface area contributed by atoms with E-state index in [1.165, 1.54) is 18.2 Å². The summed E-state index contributed by atoms with van der Waals surface area (Å²) in [6, 6.07) is 5.93. The van der Waals surface area contributed by atoms with Crippen molar-refractivity contribution in [3.05, 3.63) is 41.9 Å². The summed E-state index contributed by atoms with van der Waals surface area (Å²) in [4.78, 5) is 25.6. The van der Waals surface area contributed by atoms with Crippen LogP contribution in [-0.4, -0.2) is 87.9 Å². The van der Waals surface area contributed by atoms with Crippen molar-refractivity contribution in [1.82, 2.24) is 14.9 Å². The van der Waals surface area contributed by atoms with E-state index in [1.807, 2.05) is 4.90 Å². The van der Waals surface area contributed by atoms with E-state index in [1.54, 1.807) is 15.9 Å². The summed E-state index contributed by atoms with van der Waals surface area (Å²) in [5, 5.41) is 0. The van der Waals surface area contributed by atoms with E-state index < -0.39 is 21.8 Å². The second-order valence-electron chi connectivity index (χ2n) is 8.07. The number of anilines is 2. The van der Waals surface area contributed by atoms with E-state index in [9.17, 15) is 26.4 Å². The smallest absolute Gasteiger partial charge is 0.378 e. The molecule has 0 unspecified atom stereocenters. The van der Waals surface area contributed by atoms with Crippen LogP contribution in [0.15, 0.2) is 35.4 Å². The molecule has 0 saturated carbocycles. The molecular formula is C21H24F3N5O4S. The van der Waals surface area contributed by atoms with Gasteiger partial charge in [-0.25, -0.2) is 18.4 Å². The maximum absolute atomic E-state index is 13.5. The van der Waals surface area contributed by atoms with Crippen LogP contribution in [0.3, 0.4) is 0 Å². The molecule has 0 radical (unpaired) electrons. The molecule has 0 spiro atoms. The largest absolute Gasteiger partial charge is 0.451 e. The molecule has 1 amide bonds. The maximum atomic E-state index is 13.5. The average molecular weight is 500 g/mol. The molecule has 9 nitrogen and oxygen atoms in total. The number of carbonyl (C=O) groups is 1. The summed E-state index contributed by atoms with van der Waals surface area (Å²) in [6.07, 6.45) is -2.50. The molecule has 2 fully saturated rings. The SMILES string of the molecule is CS(=O)(=O)c1ccc(N2CCOCC2)c(C(=O)N2CCN(c3ccnc(C(F)(F)F)n3)CC2)c1. The lowest BCUT2D eigenvalue weighted by Crippen LogP contribution is -2.49. The molecule has 3 heterocycles. The number of rotatable bonds is 4. The Morgan fingerprint density at radius 1 is 1.00 bits per heavy atom. The number of benzene rings is 1. The van der Waals surface area contributed by atoms with Gasteiger partial charge in [0.2, 0.25) is 5.82 Å². The first-order chi connectivity index (χ1) is 16.0. The normalized spacial score (nSPS) is 17.7. The minimum Gasteiger partial charge on any atom is -0.378 e. The van der Waals surface area contributed by atoms with Gasteiger partial charge in [-0.1, -0.05) is 0 Å². The molecule has 2 aliphatic heterocycles. The summed E-state index contributed by atoms with van der Waals surface area (Å²) >= 11 is 0. The number of sulfone groups is 1. The Hall–Kier alpha value is -2.93. The Morgan fingerprint density at radius 3 is 2.29 bits per heavy atom. The topological polar surface area (TPSA) is 95.9 Å². The molecule has 0 N–H and O–H groups in total. The van der Waals surface area contributed by atoms with Crippen molar-refractivity contribution in [2.45, 2.75) is 11.1 Å². The predicted molar refractivity (Wildman–Crippen MR) is 118 cm³/mol. The number of hydrogen-bond acceptors (Lipinski definition) is 8. The van der Waals surface area contributed by atoms with Gasteiger partial charge in [-0.05, 0) is 24.3 Å². The second-order valence-corrected chi connectivity index (χ2v) is 10.1. The van der Waals surface area contributed by atoms with Crippen LogP contribution in [0.1, 0.15) is 16.2 Å². The molecule has 2 aromatic rings. The Kier molecular flexibility index (Phi) is 6.67. The molecule has 13 heteroatoms. The summed E-state index contributed by atoms with van der Waals surface area (Å²) < 4.78 is 68.4. The number of aromatic nitrogens is 2. The summed E-state index contributed by atoms with van der Waals surface area (Å²) in [6.45, 7) is 3.18. The molecular weight excluding hydrogens is 475 g/mol. The number of ether oxygens (including phenoxy) is 1. The van der Waals surface area contributed by atoms with Crippen molar-refractivity contribution in [3.8, 4) is 0 Å². The minimum absolute atomic E-state index is 0.0483. The fourth-order valence-corrected chi connectivity index (χ4v) is 4.62. The zero-order valence-corrected chi connectivity index (χ0v) is 19.3. The lowest BCUT2D eigenvalue weighted by atomic mass is 10.1. The van der Waals surface area contributed by atoms with Crippen LogP contribution in [-0.2, 0) is 20.8 Å². The zero-order chi connectivity index (χ0) is 24.5. The molecule has 1 aromatic carbocycles. The van der Waals surface area contributed by atoms with Crippen molar-refractivity contribution in [1.29, 1.82) is 0 Å². The van der Waals surface area contributed by atoms with Gasteiger partial charge < -0.3 is 19.4 Å². The highest BCUT2D eigenvalue weighted by Gasteiger charge is 2.35. The van der Waals surface area contributed by atoms with Gasteiger partial charge in [0.1, 0.15) is 5.82 Å². The maximum Gasteiger partial charge on any atom is 0.451 e. The van der Waals surface area contributed by atoms with Crippen LogP contribution < -0.4 is 9.80 Å². The van der Waals surface area contributed by atoms with Crippen LogP contribution in [0.25, 0.3) is 0 Å². The standard InChI is InChI=1S/C21H24F3N5O4S/c1-34(31,32)15-2-3-17(27-10-12-33-13-11-27)16(14-15)19(30)29-8-6-28(7-9-29)18-4-5-25-20(26-18)21(22,23)24/h2-5,14H,6-13H2,1H3. The Morgan fingerprint density at radius 2 is 1.68 bits per heavy atom. The molecule has 0 bridgehead atoms. The number of alkyl halides is 3. The van der Waals surface area contributed by atoms with Crippen molar-refractivity contribution in [3.63, 3.8) is 0 Å². The van der Waals surface area contributed by atoms with Crippen LogP contribution >= 0.6 is 0 Å². The van der Waals surface area contributed by atoms with Crippen LogP contribution in [0.5, 0.6) is 0 Å². The van der Waals surface area contributed by atoms with Gasteiger partial charge >= 0.3 is 6.18 Å². The average Bonchev–Trinajstić information content (AvgIpc) is 2.83. The lowest BCUT2D eigenvalue weighted by Gasteiger charge is -2.37. The molecule has 184 valence electrons. The first-order valence-corrected chi connectivity index (χ1v) is 12.5. The first kappa shape index (κ1) is 24.2. The Labute approximate surface area is 195 Å². The summed E-state index contributed by atoms with van der Waals surface area (Å²) in [7, 11) is -3.53. The molecule has 2 aliphatic rings. The van der Waals surface area contributed by atoms with Crippen molar-refractivity contribution in [2.75, 3.05) is 68.5 Å². The zero-order valence-electron chi connectivity index (χ0n) is 18.5. The fourth-order valence-electron chi connectivity index (χ4n) is 3.97. The first-order valence-electron chi connectivity index (χ1n) is 10.7. The van der Waals surface area contributed by atoms with E-state index in [0.29, 0.717) is 32.0 Å². The summed E-state index contributed by atoms with van der Waals surface area (Å²) in [5.41, 5.74) is 0.911. The number of nitrogens with zero attached hydrogens (tertiary/aromatic N) is 5. The molecule has 2 saturated heterocycles. The third-order valence-electron chi connectivity index (χ3n) is 5.76. The van der Waals surface area contributed by atoms with E-state index in [-0.39, 0.29) is 48.4 Å². The van der Waals surface area contributed by atoms with E-state index >= 15 is 0 Å². The van der Waals surface area contributed by atoms with Gasteiger partial charge in [0.25, 0.3) is 5.91 Å². The number of hydrogen-bond donors (Lipinski definition) is 0. The van der Waals surface area contributed by atoms with Crippen LogP contribution in [0.4, 0.5) is 24.7 Å². The van der Waals surface area contributed by atoms with Gasteiger partial charge in [-0.3, -0.25) is 4.79 Å². The van der Waals surface area contributed by atoms with Crippen molar-refractivity contribution < 1.29 is 31.1 Å². The molecule has 34 heavy (non-hydrogen) atoms. The van der Waals surface area contributed by atoms with Gasteiger partial charge in [0.05, 0.1) is 23.7 Å². The van der Waals surface area contributed by atoms with Gasteiger partial charge in [-0.2, -0.15) is 13.2 Å². The Balaban J connectivity index is 1.54. The Bertz CT molecular complexity index is 1160. The lowest BCUT2D eigenvalue weighted by molar-refractivity contribution is -0.144. The number of piperazine rings is 1. The molecule has 1 aromatic heterocycles. The second kappa shape index (κ2) is 9.37. The van der Waals surface area contributed by atoms with Crippen molar-refractivity contribution in [2.24, 2.45) is 0 Å². The van der Waals surface area contributed by atoms with Crippen molar-refractivity contribution >= 4 is 27.2 Å². The van der Waals surface area contributed by atoms with Crippen LogP contribution in [0.2, 0.25) is 0 Å². The number of amides is 1. The monoisotopic (exact) mass is 499 g/mol. The molecule has 0 atom stereocenters. The predicted octanol–water partition coefficient (Wildman–Crippen LogP) is 1.70. The van der Waals surface area contributed by atoms with Crippen LogP contribution in [0, 0.1) is 0 Å². The van der Waals surface area contributed by atoms with E-state index in [4.69, 9.17) is 4.74 Å².